The standard InChI is InChI=1S/C20H30N2O3S/c1-3-21(4-2)26(24,25)18-12-7-11-17(15-18)20(23)22-14-8-13-19(22)16-9-5-6-10-16/h7,11-12,15-16,19H,3-6,8-10,13-14H2,1-2H3. The normalized spacial score (nSPS) is 21.7. The molecule has 6 heteroatoms. The van der Waals surface area contributed by atoms with E-state index in [1.807, 2.05) is 18.7 Å². The van der Waals surface area contributed by atoms with E-state index in [9.17, 15) is 13.2 Å². The van der Waals surface area contributed by atoms with Gasteiger partial charge in [-0.2, -0.15) is 4.31 Å². The molecule has 1 saturated carbocycles. The molecule has 1 aliphatic heterocycles. The van der Waals surface area contributed by atoms with Gasteiger partial charge in [0.05, 0.1) is 4.90 Å². The summed E-state index contributed by atoms with van der Waals surface area (Å²) in [5, 5.41) is 0. The zero-order chi connectivity index (χ0) is 18.7. The molecule has 1 amide bonds. The minimum atomic E-state index is -3.55. The first-order valence-corrected chi connectivity index (χ1v) is 11.3. The van der Waals surface area contributed by atoms with E-state index in [0.717, 1.165) is 19.4 Å². The van der Waals surface area contributed by atoms with Crippen molar-refractivity contribution in [2.75, 3.05) is 19.6 Å². The summed E-state index contributed by atoms with van der Waals surface area (Å²) in [7, 11) is -3.55. The third-order valence-electron chi connectivity index (χ3n) is 5.93. The van der Waals surface area contributed by atoms with Crippen LogP contribution in [0.5, 0.6) is 0 Å². The first kappa shape index (κ1) is 19.4. The van der Waals surface area contributed by atoms with E-state index in [1.54, 1.807) is 24.3 Å². The lowest BCUT2D eigenvalue weighted by atomic mass is 9.95. The largest absolute Gasteiger partial charge is 0.335 e. The maximum atomic E-state index is 13.1. The van der Waals surface area contributed by atoms with E-state index in [-0.39, 0.29) is 10.8 Å². The summed E-state index contributed by atoms with van der Waals surface area (Å²) >= 11 is 0. The average Bonchev–Trinajstić information content (AvgIpc) is 3.33. The molecule has 1 heterocycles. The molecule has 0 spiro atoms. The SMILES string of the molecule is CCN(CC)S(=O)(=O)c1cccc(C(=O)N2CCCC2C2CCCC2)c1. The second kappa shape index (κ2) is 8.09. The quantitative estimate of drug-likeness (QED) is 0.761. The molecular weight excluding hydrogens is 348 g/mol. The van der Waals surface area contributed by atoms with E-state index in [4.69, 9.17) is 0 Å². The van der Waals surface area contributed by atoms with Crippen LogP contribution in [0.15, 0.2) is 29.2 Å². The highest BCUT2D eigenvalue weighted by molar-refractivity contribution is 7.89. The second-order valence-electron chi connectivity index (χ2n) is 7.37. The number of carbonyl (C=O) groups is 1. The molecule has 1 aromatic rings. The topological polar surface area (TPSA) is 57.7 Å². The van der Waals surface area contributed by atoms with Crippen LogP contribution in [-0.2, 0) is 10.0 Å². The van der Waals surface area contributed by atoms with E-state index >= 15 is 0 Å². The maximum Gasteiger partial charge on any atom is 0.254 e. The molecule has 1 aliphatic carbocycles. The summed E-state index contributed by atoms with van der Waals surface area (Å²) in [6, 6.07) is 6.90. The Kier molecular flexibility index (Phi) is 6.03. The number of likely N-dealkylation sites (tertiary alicyclic amines) is 1. The first-order chi connectivity index (χ1) is 12.5. The number of sulfonamides is 1. The van der Waals surface area contributed by atoms with Crippen molar-refractivity contribution in [2.45, 2.75) is 63.3 Å². The van der Waals surface area contributed by atoms with Gasteiger partial charge < -0.3 is 4.90 Å². The molecule has 2 fully saturated rings. The summed E-state index contributed by atoms with van der Waals surface area (Å²) in [5.41, 5.74) is 0.489. The van der Waals surface area contributed by atoms with Gasteiger partial charge in [0.1, 0.15) is 0 Å². The lowest BCUT2D eigenvalue weighted by Crippen LogP contribution is -2.39. The van der Waals surface area contributed by atoms with Gasteiger partial charge in [0.2, 0.25) is 10.0 Å². The third-order valence-corrected chi connectivity index (χ3v) is 7.97. The van der Waals surface area contributed by atoms with Crippen LogP contribution >= 0.6 is 0 Å². The van der Waals surface area contributed by atoms with Crippen molar-refractivity contribution < 1.29 is 13.2 Å². The van der Waals surface area contributed by atoms with E-state index in [2.05, 4.69) is 0 Å². The molecule has 5 nitrogen and oxygen atoms in total. The van der Waals surface area contributed by atoms with Crippen LogP contribution in [0.3, 0.4) is 0 Å². The highest BCUT2D eigenvalue weighted by atomic mass is 32.2. The van der Waals surface area contributed by atoms with Crippen LogP contribution in [0.25, 0.3) is 0 Å². The summed E-state index contributed by atoms with van der Waals surface area (Å²) < 4.78 is 27.0. The summed E-state index contributed by atoms with van der Waals surface area (Å²) in [5.74, 6) is 0.597. The molecule has 2 aliphatic rings. The van der Waals surface area contributed by atoms with E-state index in [0.29, 0.717) is 30.6 Å². The van der Waals surface area contributed by atoms with Crippen LogP contribution in [-0.4, -0.2) is 49.2 Å². The molecular formula is C20H30N2O3S. The van der Waals surface area contributed by atoms with Crippen molar-refractivity contribution in [3.8, 4) is 0 Å². The summed E-state index contributed by atoms with van der Waals surface area (Å²) in [4.78, 5) is 15.3. The highest BCUT2D eigenvalue weighted by Gasteiger charge is 2.36. The number of hydrogen-bond acceptors (Lipinski definition) is 3. The number of benzene rings is 1. The van der Waals surface area contributed by atoms with Crippen molar-refractivity contribution in [3.63, 3.8) is 0 Å². The Morgan fingerprint density at radius 3 is 2.46 bits per heavy atom. The molecule has 1 aromatic carbocycles. The molecule has 26 heavy (non-hydrogen) atoms. The van der Waals surface area contributed by atoms with Crippen LogP contribution in [0.4, 0.5) is 0 Å². The predicted octanol–water partition coefficient (Wildman–Crippen LogP) is 3.51. The Balaban J connectivity index is 1.84. The fourth-order valence-corrected chi connectivity index (χ4v) is 6.05. The van der Waals surface area contributed by atoms with Gasteiger partial charge in [-0.05, 0) is 49.8 Å². The highest BCUT2D eigenvalue weighted by Crippen LogP contribution is 2.36. The van der Waals surface area contributed by atoms with Gasteiger partial charge in [-0.1, -0.05) is 32.8 Å². The van der Waals surface area contributed by atoms with Gasteiger partial charge in [-0.3, -0.25) is 4.79 Å². The van der Waals surface area contributed by atoms with Crippen molar-refractivity contribution in [1.29, 1.82) is 0 Å². The molecule has 0 aromatic heterocycles. The van der Waals surface area contributed by atoms with E-state index < -0.39 is 10.0 Å². The molecule has 1 atom stereocenters. The van der Waals surface area contributed by atoms with Gasteiger partial charge in [0.15, 0.2) is 0 Å². The Bertz CT molecular complexity index is 737. The van der Waals surface area contributed by atoms with Crippen molar-refractivity contribution in [2.24, 2.45) is 5.92 Å². The number of hydrogen-bond donors (Lipinski definition) is 0. The van der Waals surface area contributed by atoms with Crippen LogP contribution < -0.4 is 0 Å². The molecule has 0 N–H and O–H groups in total. The third kappa shape index (κ3) is 3.67. The molecule has 0 radical (unpaired) electrons. The number of rotatable bonds is 6. The monoisotopic (exact) mass is 378 g/mol. The Labute approximate surface area is 157 Å². The zero-order valence-electron chi connectivity index (χ0n) is 15.9. The Morgan fingerprint density at radius 1 is 1.12 bits per heavy atom. The van der Waals surface area contributed by atoms with Gasteiger partial charge in [0, 0.05) is 31.2 Å². The van der Waals surface area contributed by atoms with Gasteiger partial charge in [-0.15, -0.1) is 0 Å². The fraction of sp³-hybridized carbons (Fsp3) is 0.650. The maximum absolute atomic E-state index is 13.1. The Morgan fingerprint density at radius 2 is 1.81 bits per heavy atom. The van der Waals surface area contributed by atoms with E-state index in [1.165, 1.54) is 30.0 Å². The second-order valence-corrected chi connectivity index (χ2v) is 9.31. The van der Waals surface area contributed by atoms with Gasteiger partial charge in [0.25, 0.3) is 5.91 Å². The number of carbonyl (C=O) groups excluding carboxylic acids is 1. The van der Waals surface area contributed by atoms with Crippen LogP contribution in [0, 0.1) is 5.92 Å². The van der Waals surface area contributed by atoms with Crippen molar-refractivity contribution >= 4 is 15.9 Å². The molecule has 1 unspecified atom stereocenters. The lowest BCUT2D eigenvalue weighted by molar-refractivity contribution is 0.0689. The van der Waals surface area contributed by atoms with Gasteiger partial charge in [-0.25, -0.2) is 8.42 Å². The molecule has 1 saturated heterocycles. The summed E-state index contributed by atoms with van der Waals surface area (Å²) in [6.45, 7) is 5.28. The lowest BCUT2D eigenvalue weighted by Gasteiger charge is -2.29. The Hall–Kier alpha value is -1.40. The minimum absolute atomic E-state index is 0.0176. The van der Waals surface area contributed by atoms with Crippen LogP contribution in [0.1, 0.15) is 62.7 Å². The zero-order valence-corrected chi connectivity index (χ0v) is 16.7. The molecule has 144 valence electrons. The average molecular weight is 379 g/mol. The predicted molar refractivity (Wildman–Crippen MR) is 103 cm³/mol. The minimum Gasteiger partial charge on any atom is -0.335 e. The summed E-state index contributed by atoms with van der Waals surface area (Å²) in [6.07, 6.45) is 7.08. The van der Waals surface area contributed by atoms with Gasteiger partial charge >= 0.3 is 0 Å². The molecule has 0 bridgehead atoms. The number of amides is 1. The fourth-order valence-electron chi connectivity index (χ4n) is 4.54. The first-order valence-electron chi connectivity index (χ1n) is 9.90. The van der Waals surface area contributed by atoms with Crippen molar-refractivity contribution in [3.05, 3.63) is 29.8 Å². The van der Waals surface area contributed by atoms with Crippen LogP contribution in [0.2, 0.25) is 0 Å². The number of nitrogens with zero attached hydrogens (tertiary/aromatic N) is 2. The smallest absolute Gasteiger partial charge is 0.254 e. The van der Waals surface area contributed by atoms with Crippen molar-refractivity contribution in [1.82, 2.24) is 9.21 Å². The molecule has 3 rings (SSSR count).